The van der Waals surface area contributed by atoms with Crippen LogP contribution in [0.1, 0.15) is 19.4 Å². The molecule has 0 radical (unpaired) electrons. The highest BCUT2D eigenvalue weighted by molar-refractivity contribution is 5.85. The summed E-state index contributed by atoms with van der Waals surface area (Å²) in [5, 5.41) is 2.70. The SMILES string of the molecule is CC(C)COC(=O)NC(Cc1ccc(-c2ccccc2)cc1)C(=O)N(C)C. The summed E-state index contributed by atoms with van der Waals surface area (Å²) >= 11 is 0. The maximum atomic E-state index is 12.5. The van der Waals surface area contributed by atoms with Gasteiger partial charge in [-0.05, 0) is 22.6 Å². The second-order valence-electron chi connectivity index (χ2n) is 7.19. The van der Waals surface area contributed by atoms with Crippen LogP contribution in [0.5, 0.6) is 0 Å². The molecule has 2 rings (SSSR count). The number of alkyl carbamates (subject to hydrolysis) is 1. The first-order valence-corrected chi connectivity index (χ1v) is 9.15. The van der Waals surface area contributed by atoms with Crippen LogP contribution in [0, 0.1) is 5.92 Å². The average molecular weight is 368 g/mol. The normalized spacial score (nSPS) is 11.7. The number of carbonyl (C=O) groups excluding carboxylic acids is 2. The van der Waals surface area contributed by atoms with Crippen LogP contribution in [0.25, 0.3) is 11.1 Å². The molecule has 1 N–H and O–H groups in total. The van der Waals surface area contributed by atoms with Crippen LogP contribution >= 0.6 is 0 Å². The lowest BCUT2D eigenvalue weighted by Gasteiger charge is -2.22. The molecule has 0 fully saturated rings. The monoisotopic (exact) mass is 368 g/mol. The first kappa shape index (κ1) is 20.5. The molecular weight excluding hydrogens is 340 g/mol. The number of benzene rings is 2. The van der Waals surface area contributed by atoms with Gasteiger partial charge in [-0.15, -0.1) is 0 Å². The van der Waals surface area contributed by atoms with Crippen molar-refractivity contribution in [3.8, 4) is 11.1 Å². The summed E-state index contributed by atoms with van der Waals surface area (Å²) in [6.07, 6.45) is -0.159. The van der Waals surface area contributed by atoms with Gasteiger partial charge in [0.05, 0.1) is 6.61 Å². The maximum Gasteiger partial charge on any atom is 0.407 e. The molecule has 1 unspecified atom stereocenters. The number of carbonyl (C=O) groups is 2. The quantitative estimate of drug-likeness (QED) is 0.810. The van der Waals surface area contributed by atoms with Crippen molar-refractivity contribution in [1.29, 1.82) is 0 Å². The molecular formula is C22H28N2O3. The Kier molecular flexibility index (Phi) is 7.41. The van der Waals surface area contributed by atoms with Crippen molar-refractivity contribution in [2.24, 2.45) is 5.92 Å². The van der Waals surface area contributed by atoms with Crippen LogP contribution in [0.4, 0.5) is 4.79 Å². The third-order valence-electron chi connectivity index (χ3n) is 4.08. The predicted octanol–water partition coefficient (Wildman–Crippen LogP) is 3.74. The molecule has 0 heterocycles. The molecule has 5 nitrogen and oxygen atoms in total. The third-order valence-corrected chi connectivity index (χ3v) is 4.08. The zero-order valence-electron chi connectivity index (χ0n) is 16.4. The molecule has 0 bridgehead atoms. The van der Waals surface area contributed by atoms with Gasteiger partial charge in [-0.3, -0.25) is 4.79 Å². The molecule has 0 aliphatic heterocycles. The van der Waals surface area contributed by atoms with Crippen molar-refractivity contribution in [3.05, 3.63) is 60.2 Å². The fourth-order valence-electron chi connectivity index (χ4n) is 2.64. The molecule has 0 aliphatic carbocycles. The minimum atomic E-state index is -0.665. The summed E-state index contributed by atoms with van der Waals surface area (Å²) in [5.74, 6) is 0.0768. The molecule has 2 aromatic rings. The van der Waals surface area contributed by atoms with E-state index in [9.17, 15) is 9.59 Å². The Morgan fingerprint density at radius 2 is 1.56 bits per heavy atom. The Balaban J connectivity index is 2.08. The van der Waals surface area contributed by atoms with Gasteiger partial charge in [0.25, 0.3) is 0 Å². The fraction of sp³-hybridized carbons (Fsp3) is 0.364. The first-order valence-electron chi connectivity index (χ1n) is 9.15. The van der Waals surface area contributed by atoms with E-state index in [0.717, 1.165) is 16.7 Å². The summed E-state index contributed by atoms with van der Waals surface area (Å²) in [4.78, 5) is 26.0. The van der Waals surface area contributed by atoms with E-state index in [1.54, 1.807) is 14.1 Å². The van der Waals surface area contributed by atoms with Crippen LogP contribution in [-0.2, 0) is 16.0 Å². The Labute approximate surface area is 161 Å². The van der Waals surface area contributed by atoms with Crippen molar-refractivity contribution in [2.45, 2.75) is 26.3 Å². The van der Waals surface area contributed by atoms with E-state index in [2.05, 4.69) is 17.4 Å². The second-order valence-corrected chi connectivity index (χ2v) is 7.19. The zero-order chi connectivity index (χ0) is 19.8. The van der Waals surface area contributed by atoms with Crippen LogP contribution < -0.4 is 5.32 Å². The lowest BCUT2D eigenvalue weighted by molar-refractivity contribution is -0.130. The lowest BCUT2D eigenvalue weighted by atomic mass is 10.0. The van der Waals surface area contributed by atoms with Crippen LogP contribution in [0.2, 0.25) is 0 Å². The molecule has 144 valence electrons. The van der Waals surface area contributed by atoms with E-state index in [1.807, 2.05) is 56.3 Å². The van der Waals surface area contributed by atoms with Gasteiger partial charge in [-0.25, -0.2) is 4.79 Å². The summed E-state index contributed by atoms with van der Waals surface area (Å²) in [6, 6.07) is 17.5. The van der Waals surface area contributed by atoms with E-state index in [1.165, 1.54) is 4.90 Å². The van der Waals surface area contributed by atoms with Gasteiger partial charge >= 0.3 is 6.09 Å². The van der Waals surface area contributed by atoms with E-state index < -0.39 is 12.1 Å². The van der Waals surface area contributed by atoms with Crippen molar-refractivity contribution in [2.75, 3.05) is 20.7 Å². The van der Waals surface area contributed by atoms with E-state index in [0.29, 0.717) is 13.0 Å². The van der Waals surface area contributed by atoms with E-state index in [4.69, 9.17) is 4.74 Å². The van der Waals surface area contributed by atoms with E-state index in [-0.39, 0.29) is 11.8 Å². The number of nitrogens with one attached hydrogen (secondary N) is 1. The smallest absolute Gasteiger partial charge is 0.407 e. The minimum absolute atomic E-state index is 0.163. The summed E-state index contributed by atoms with van der Waals surface area (Å²) in [7, 11) is 3.35. The lowest BCUT2D eigenvalue weighted by Crippen LogP contribution is -2.47. The molecule has 0 saturated heterocycles. The zero-order valence-corrected chi connectivity index (χ0v) is 16.4. The number of likely N-dealkylation sites (N-methyl/N-ethyl adjacent to an activating group) is 1. The van der Waals surface area contributed by atoms with Gasteiger partial charge in [-0.2, -0.15) is 0 Å². The molecule has 27 heavy (non-hydrogen) atoms. The fourth-order valence-corrected chi connectivity index (χ4v) is 2.64. The van der Waals surface area contributed by atoms with E-state index >= 15 is 0 Å². The molecule has 2 amide bonds. The molecule has 0 saturated carbocycles. The molecule has 2 aromatic carbocycles. The topological polar surface area (TPSA) is 58.6 Å². The molecule has 0 aromatic heterocycles. The van der Waals surface area contributed by atoms with Gasteiger partial charge in [0.2, 0.25) is 5.91 Å². The van der Waals surface area contributed by atoms with Crippen molar-refractivity contribution >= 4 is 12.0 Å². The van der Waals surface area contributed by atoms with Crippen LogP contribution in [0.15, 0.2) is 54.6 Å². The van der Waals surface area contributed by atoms with Crippen molar-refractivity contribution < 1.29 is 14.3 Å². The first-order chi connectivity index (χ1) is 12.9. The molecule has 5 heteroatoms. The Morgan fingerprint density at radius 1 is 0.963 bits per heavy atom. The second kappa shape index (κ2) is 9.76. The highest BCUT2D eigenvalue weighted by Crippen LogP contribution is 2.20. The number of hydrogen-bond donors (Lipinski definition) is 1. The summed E-state index contributed by atoms with van der Waals surface area (Å²) in [6.45, 7) is 4.24. The van der Waals surface area contributed by atoms with Crippen LogP contribution in [0.3, 0.4) is 0 Å². The van der Waals surface area contributed by atoms with Gasteiger partial charge in [0, 0.05) is 20.5 Å². The van der Waals surface area contributed by atoms with Gasteiger partial charge in [0.1, 0.15) is 6.04 Å². The number of rotatable bonds is 7. The molecule has 0 spiro atoms. The number of ether oxygens (including phenoxy) is 1. The number of hydrogen-bond acceptors (Lipinski definition) is 3. The number of nitrogens with zero attached hydrogens (tertiary/aromatic N) is 1. The van der Waals surface area contributed by atoms with Gasteiger partial charge < -0.3 is 15.0 Å². The van der Waals surface area contributed by atoms with Crippen molar-refractivity contribution in [3.63, 3.8) is 0 Å². The van der Waals surface area contributed by atoms with Gasteiger partial charge in [-0.1, -0.05) is 68.4 Å². The molecule has 0 aliphatic rings. The largest absolute Gasteiger partial charge is 0.449 e. The van der Waals surface area contributed by atoms with Gasteiger partial charge in [0.15, 0.2) is 0 Å². The third kappa shape index (κ3) is 6.44. The Morgan fingerprint density at radius 3 is 2.11 bits per heavy atom. The highest BCUT2D eigenvalue weighted by Gasteiger charge is 2.23. The van der Waals surface area contributed by atoms with Crippen molar-refractivity contribution in [1.82, 2.24) is 10.2 Å². The number of amides is 2. The minimum Gasteiger partial charge on any atom is -0.449 e. The average Bonchev–Trinajstić information content (AvgIpc) is 2.66. The molecule has 1 atom stereocenters. The standard InChI is InChI=1S/C22H28N2O3/c1-16(2)15-27-22(26)23-20(21(25)24(3)4)14-17-10-12-19(13-11-17)18-8-6-5-7-9-18/h5-13,16,20H,14-15H2,1-4H3,(H,23,26). The summed E-state index contributed by atoms with van der Waals surface area (Å²) in [5.41, 5.74) is 3.22. The Hall–Kier alpha value is -2.82. The predicted molar refractivity (Wildman–Crippen MR) is 107 cm³/mol. The maximum absolute atomic E-state index is 12.5. The highest BCUT2D eigenvalue weighted by atomic mass is 16.5. The van der Waals surface area contributed by atoms with Crippen LogP contribution in [-0.4, -0.2) is 43.6 Å². The summed E-state index contributed by atoms with van der Waals surface area (Å²) < 4.78 is 5.16. The Bertz CT molecular complexity index is 740.